The van der Waals surface area contributed by atoms with Crippen molar-refractivity contribution in [2.75, 3.05) is 47.5 Å². The zero-order valence-electron chi connectivity index (χ0n) is 31.7. The van der Waals surface area contributed by atoms with Gasteiger partial charge in [0, 0.05) is 25.2 Å². The number of allylic oxidation sites excluding steroid dienone is 3. The Kier molecular flexibility index (Phi) is 12.6. The largest absolute Gasteiger partial charge is 0.493 e. The quantitative estimate of drug-likeness (QED) is 0.0895. The number of imidazole rings is 1. The summed E-state index contributed by atoms with van der Waals surface area (Å²) in [5.41, 5.74) is 2.89. The van der Waals surface area contributed by atoms with Gasteiger partial charge in [0.1, 0.15) is 5.82 Å². The van der Waals surface area contributed by atoms with Gasteiger partial charge >= 0.3 is 0 Å². The molecule has 11 heteroatoms. The lowest BCUT2D eigenvalue weighted by Crippen LogP contribution is -2.42. The molecule has 2 saturated heterocycles. The second kappa shape index (κ2) is 17.7. The van der Waals surface area contributed by atoms with Crippen molar-refractivity contribution in [3.05, 3.63) is 119 Å². The number of Topliss-reactive ketones (excluding diaryl/α,β-unsaturated/α-hetero) is 1. The van der Waals surface area contributed by atoms with Crippen molar-refractivity contribution in [3.8, 4) is 17.2 Å². The van der Waals surface area contributed by atoms with Crippen LogP contribution in [-0.2, 0) is 24.3 Å². The summed E-state index contributed by atoms with van der Waals surface area (Å²) in [4.78, 5) is 41.8. The summed E-state index contributed by atoms with van der Waals surface area (Å²) in [6.07, 6.45) is 14.6. The zero-order valence-corrected chi connectivity index (χ0v) is 31.7. The number of likely N-dealkylation sites (tertiary alicyclic amines) is 2. The van der Waals surface area contributed by atoms with Crippen molar-refractivity contribution in [1.82, 2.24) is 24.3 Å². The highest BCUT2D eigenvalue weighted by molar-refractivity contribution is 5.95. The van der Waals surface area contributed by atoms with Crippen LogP contribution in [0.15, 0.2) is 85.2 Å². The second-order valence-electron chi connectivity index (χ2n) is 14.1. The lowest BCUT2D eigenvalue weighted by atomic mass is 9.77. The van der Waals surface area contributed by atoms with Gasteiger partial charge in [-0.05, 0) is 112 Å². The van der Waals surface area contributed by atoms with Gasteiger partial charge in [0.15, 0.2) is 17.3 Å². The second-order valence-corrected chi connectivity index (χ2v) is 14.1. The summed E-state index contributed by atoms with van der Waals surface area (Å²) in [5, 5.41) is 0. The van der Waals surface area contributed by atoms with Gasteiger partial charge in [0.2, 0.25) is 17.4 Å². The van der Waals surface area contributed by atoms with Crippen molar-refractivity contribution >= 4 is 17.8 Å². The Bertz CT molecular complexity index is 1930. The van der Waals surface area contributed by atoms with Crippen LogP contribution in [0, 0.1) is 17.2 Å². The molecule has 4 aromatic rings. The average Bonchev–Trinajstić information content (AvgIpc) is 3.73. The number of pyridine rings is 1. The molecule has 0 saturated carbocycles. The number of piperidine rings is 1. The molecule has 2 fully saturated rings. The summed E-state index contributed by atoms with van der Waals surface area (Å²) >= 11 is 0. The molecule has 6 rings (SSSR count). The van der Waals surface area contributed by atoms with Crippen LogP contribution in [0.5, 0.6) is 17.2 Å². The lowest BCUT2D eigenvalue weighted by molar-refractivity contribution is -0.137. The van der Waals surface area contributed by atoms with E-state index in [4.69, 9.17) is 14.2 Å². The molecule has 4 heterocycles. The van der Waals surface area contributed by atoms with Crippen molar-refractivity contribution in [1.29, 1.82) is 0 Å². The minimum absolute atomic E-state index is 0.0532. The Labute approximate surface area is 317 Å². The number of aromatic nitrogens is 3. The number of carbonyl (C=O) groups is 2. The third-order valence-electron chi connectivity index (χ3n) is 10.7. The third kappa shape index (κ3) is 8.73. The summed E-state index contributed by atoms with van der Waals surface area (Å²) in [7, 11) is 4.72. The number of amides is 1. The van der Waals surface area contributed by atoms with Gasteiger partial charge < -0.3 is 28.6 Å². The first kappa shape index (κ1) is 38.4. The van der Waals surface area contributed by atoms with Crippen molar-refractivity contribution in [3.63, 3.8) is 0 Å². The first-order chi connectivity index (χ1) is 26.3. The molecule has 2 aliphatic heterocycles. The SMILES string of the molecule is C/C=C/C=C/c1cnc(C(=O)C2CCN(CCC3(Cc4ccc(F)cc4)CCN(Cc4cc(OC)c(OC)c(OC)c4)C3=O)CC2)n1Cc1ccccn1. The summed E-state index contributed by atoms with van der Waals surface area (Å²) < 4.78 is 32.5. The predicted molar refractivity (Wildman–Crippen MR) is 206 cm³/mol. The minimum atomic E-state index is -0.641. The van der Waals surface area contributed by atoms with Crippen LogP contribution in [0.4, 0.5) is 4.39 Å². The molecule has 2 aromatic heterocycles. The molecule has 0 N–H and O–H groups in total. The van der Waals surface area contributed by atoms with E-state index < -0.39 is 5.41 Å². The summed E-state index contributed by atoms with van der Waals surface area (Å²) in [6, 6.07) is 16.0. The van der Waals surface area contributed by atoms with Gasteiger partial charge in [0.25, 0.3) is 0 Å². The van der Waals surface area contributed by atoms with Gasteiger partial charge in [-0.2, -0.15) is 0 Å². The van der Waals surface area contributed by atoms with Crippen molar-refractivity contribution in [2.45, 2.75) is 52.1 Å². The van der Waals surface area contributed by atoms with Crippen LogP contribution < -0.4 is 14.2 Å². The Morgan fingerprint density at radius 3 is 2.31 bits per heavy atom. The normalized spacial score (nSPS) is 18.2. The van der Waals surface area contributed by atoms with E-state index in [1.807, 2.05) is 71.0 Å². The first-order valence-electron chi connectivity index (χ1n) is 18.6. The molecular weight excluding hydrogens is 686 g/mol. The topological polar surface area (TPSA) is 99.0 Å². The van der Waals surface area contributed by atoms with Crippen molar-refractivity contribution in [2.24, 2.45) is 11.3 Å². The molecule has 2 aliphatic rings. The van der Waals surface area contributed by atoms with E-state index >= 15 is 0 Å². The van der Waals surface area contributed by atoms with Crippen LogP contribution in [-0.4, -0.2) is 83.5 Å². The molecule has 0 spiro atoms. The Morgan fingerprint density at radius 1 is 0.926 bits per heavy atom. The van der Waals surface area contributed by atoms with Gasteiger partial charge in [-0.25, -0.2) is 9.37 Å². The van der Waals surface area contributed by atoms with E-state index in [1.165, 1.54) is 12.1 Å². The molecule has 54 heavy (non-hydrogen) atoms. The fourth-order valence-corrected chi connectivity index (χ4v) is 7.75. The fourth-order valence-electron chi connectivity index (χ4n) is 7.75. The maximum Gasteiger partial charge on any atom is 0.229 e. The van der Waals surface area contributed by atoms with E-state index in [1.54, 1.807) is 45.9 Å². The van der Waals surface area contributed by atoms with Crippen molar-refractivity contribution < 1.29 is 28.2 Å². The number of benzene rings is 2. The van der Waals surface area contributed by atoms with E-state index in [2.05, 4.69) is 14.9 Å². The van der Waals surface area contributed by atoms with Crippen LogP contribution in [0.2, 0.25) is 0 Å². The maximum atomic E-state index is 14.4. The lowest BCUT2D eigenvalue weighted by Gasteiger charge is -2.35. The molecule has 10 nitrogen and oxygen atoms in total. The summed E-state index contributed by atoms with van der Waals surface area (Å²) in [6.45, 7) is 5.64. The predicted octanol–water partition coefficient (Wildman–Crippen LogP) is 7.03. The molecular formula is C43H50FN5O5. The van der Waals surface area contributed by atoms with Gasteiger partial charge in [-0.3, -0.25) is 14.6 Å². The van der Waals surface area contributed by atoms with Gasteiger partial charge in [-0.1, -0.05) is 36.4 Å². The number of ketones is 1. The number of rotatable bonds is 16. The highest BCUT2D eigenvalue weighted by atomic mass is 19.1. The standard InChI is InChI=1S/C43H50FN5O5/c1-5-6-7-11-36-28-46-41(49(36)30-35-10-8-9-20-45-35)39(50)33-16-21-47(22-17-33)23-18-43(27-31-12-14-34(44)15-13-31)19-24-48(42(43)51)29-32-25-37(52-2)40(54-4)38(26-32)53-3/h5-15,20,25-26,28,33H,16-19,21-24,27,29-30H2,1-4H3/b6-5+,11-7+. The van der Waals surface area contributed by atoms with Crippen LogP contribution >= 0.6 is 0 Å². The first-order valence-corrected chi connectivity index (χ1v) is 18.6. The zero-order chi connectivity index (χ0) is 38.1. The van der Waals surface area contributed by atoms with E-state index in [0.717, 1.165) is 42.1 Å². The highest BCUT2D eigenvalue weighted by Crippen LogP contribution is 2.42. The van der Waals surface area contributed by atoms with E-state index in [0.29, 0.717) is 74.8 Å². The van der Waals surface area contributed by atoms with Crippen LogP contribution in [0.25, 0.3) is 6.08 Å². The molecule has 1 amide bonds. The summed E-state index contributed by atoms with van der Waals surface area (Å²) in [5.74, 6) is 1.74. The smallest absolute Gasteiger partial charge is 0.229 e. The van der Waals surface area contributed by atoms with Gasteiger partial charge in [-0.15, -0.1) is 0 Å². The molecule has 1 unspecified atom stereocenters. The Hall–Kier alpha value is -5.29. The number of nitrogens with zero attached hydrogens (tertiary/aromatic N) is 5. The Balaban J connectivity index is 1.14. The Morgan fingerprint density at radius 2 is 1.67 bits per heavy atom. The number of ether oxygens (including phenoxy) is 3. The van der Waals surface area contributed by atoms with Crippen LogP contribution in [0.3, 0.4) is 0 Å². The highest BCUT2D eigenvalue weighted by Gasteiger charge is 2.46. The fraction of sp³-hybridized carbons (Fsp3) is 0.395. The molecule has 0 aliphatic carbocycles. The van der Waals surface area contributed by atoms with E-state index in [9.17, 15) is 14.0 Å². The van der Waals surface area contributed by atoms with E-state index in [-0.39, 0.29) is 23.4 Å². The number of methoxy groups -OCH3 is 3. The third-order valence-corrected chi connectivity index (χ3v) is 10.7. The average molecular weight is 736 g/mol. The van der Waals surface area contributed by atoms with Gasteiger partial charge in [0.05, 0.1) is 50.9 Å². The molecule has 1 atom stereocenters. The van der Waals surface area contributed by atoms with Crippen LogP contribution in [0.1, 0.15) is 65.7 Å². The molecule has 2 aromatic carbocycles. The monoisotopic (exact) mass is 735 g/mol. The maximum absolute atomic E-state index is 14.4. The molecule has 0 radical (unpaired) electrons. The molecule has 284 valence electrons. The number of hydrogen-bond donors (Lipinski definition) is 0. The molecule has 0 bridgehead atoms. The number of hydrogen-bond acceptors (Lipinski definition) is 8. The minimum Gasteiger partial charge on any atom is -0.493 e. The number of halogens is 1. The number of carbonyl (C=O) groups excluding carboxylic acids is 2.